The molecule has 1 heterocycles. The molecule has 0 aliphatic carbocycles. The smallest absolute Gasteiger partial charge is 0.137 e. The van der Waals surface area contributed by atoms with Gasteiger partial charge in [0.25, 0.3) is 0 Å². The molecule has 104 valence electrons. The first-order valence-electron chi connectivity index (χ1n) is 6.53. The summed E-state index contributed by atoms with van der Waals surface area (Å²) in [6.07, 6.45) is 0.892. The summed E-state index contributed by atoms with van der Waals surface area (Å²) < 4.78 is 12.6. The van der Waals surface area contributed by atoms with Gasteiger partial charge in [0.15, 0.2) is 0 Å². The van der Waals surface area contributed by atoms with E-state index in [2.05, 4.69) is 22.0 Å². The summed E-state index contributed by atoms with van der Waals surface area (Å²) in [5.74, 6) is 1.65. The van der Waals surface area contributed by atoms with Crippen molar-refractivity contribution < 1.29 is 14.6 Å². The molecular weight excluding hydrogens is 320 g/mol. The zero-order chi connectivity index (χ0) is 13.9. The lowest BCUT2D eigenvalue weighted by atomic mass is 10.1. The van der Waals surface area contributed by atoms with Crippen LogP contribution >= 0.6 is 15.9 Å². The number of fused-ring (bicyclic) bond motifs is 1. The van der Waals surface area contributed by atoms with Gasteiger partial charge in [-0.3, -0.25) is 0 Å². The summed E-state index contributed by atoms with van der Waals surface area (Å²) in [5, 5.41) is 9.34. The number of hydrogen-bond donors (Lipinski definition) is 1. The van der Waals surface area contributed by atoms with Crippen LogP contribution in [0.5, 0.6) is 11.5 Å². The van der Waals surface area contributed by atoms with Gasteiger partial charge in [0.05, 0.1) is 6.61 Å². The van der Waals surface area contributed by atoms with Crippen molar-refractivity contribution in [1.82, 2.24) is 0 Å². The molecule has 4 heteroatoms. The van der Waals surface area contributed by atoms with E-state index in [1.807, 2.05) is 36.4 Å². The molecule has 1 aliphatic rings. The van der Waals surface area contributed by atoms with Crippen LogP contribution in [0.2, 0.25) is 0 Å². The molecule has 0 radical (unpaired) electrons. The predicted octanol–water partition coefficient (Wildman–Crippen LogP) is 3.32. The first-order chi connectivity index (χ1) is 9.76. The van der Waals surface area contributed by atoms with E-state index < -0.39 is 0 Å². The van der Waals surface area contributed by atoms with Crippen molar-refractivity contribution in [3.63, 3.8) is 0 Å². The number of para-hydroxylation sites is 1. The summed E-state index contributed by atoms with van der Waals surface area (Å²) in [7, 11) is 0. The van der Waals surface area contributed by atoms with Gasteiger partial charge in [-0.2, -0.15) is 0 Å². The van der Waals surface area contributed by atoms with E-state index in [1.54, 1.807) is 0 Å². The lowest BCUT2D eigenvalue weighted by Crippen LogP contribution is -2.22. The zero-order valence-electron chi connectivity index (χ0n) is 10.9. The molecule has 1 N–H and O–H groups in total. The molecular formula is C16H15BrO3. The molecule has 0 saturated heterocycles. The minimum absolute atomic E-state index is 0.0302. The summed E-state index contributed by atoms with van der Waals surface area (Å²) >= 11 is 3.38. The monoisotopic (exact) mass is 334 g/mol. The highest BCUT2D eigenvalue weighted by molar-refractivity contribution is 9.10. The molecule has 1 atom stereocenters. The lowest BCUT2D eigenvalue weighted by Gasteiger charge is -2.14. The number of aliphatic hydroxyl groups is 1. The van der Waals surface area contributed by atoms with Crippen molar-refractivity contribution in [3.8, 4) is 11.5 Å². The average molecular weight is 335 g/mol. The molecule has 0 spiro atoms. The van der Waals surface area contributed by atoms with Gasteiger partial charge in [0.1, 0.15) is 24.2 Å². The highest BCUT2D eigenvalue weighted by Crippen LogP contribution is 2.29. The van der Waals surface area contributed by atoms with E-state index in [4.69, 9.17) is 9.47 Å². The number of benzene rings is 2. The maximum absolute atomic E-state index is 9.34. The van der Waals surface area contributed by atoms with Gasteiger partial charge in [-0.15, -0.1) is 0 Å². The quantitative estimate of drug-likeness (QED) is 0.932. The van der Waals surface area contributed by atoms with Crippen molar-refractivity contribution in [3.05, 3.63) is 58.1 Å². The topological polar surface area (TPSA) is 38.7 Å². The molecule has 0 fully saturated rings. The van der Waals surface area contributed by atoms with E-state index in [0.717, 1.165) is 22.2 Å². The van der Waals surface area contributed by atoms with E-state index in [0.29, 0.717) is 12.4 Å². The summed E-state index contributed by atoms with van der Waals surface area (Å²) in [5.41, 5.74) is 1.99. The van der Waals surface area contributed by atoms with Gasteiger partial charge in [-0.1, -0.05) is 34.1 Å². The Kier molecular flexibility index (Phi) is 3.94. The Balaban J connectivity index is 1.64. The van der Waals surface area contributed by atoms with Crippen molar-refractivity contribution in [2.45, 2.75) is 19.1 Å². The standard InChI is InChI=1S/C16H15BrO3/c17-13-5-6-15(12(7-13)9-18)19-10-14-8-11-3-1-2-4-16(11)20-14/h1-7,14,18H,8-10H2. The molecule has 0 amide bonds. The first kappa shape index (κ1) is 13.5. The van der Waals surface area contributed by atoms with Crippen molar-refractivity contribution in [2.75, 3.05) is 6.61 Å². The first-order valence-corrected chi connectivity index (χ1v) is 7.32. The second kappa shape index (κ2) is 5.85. The van der Waals surface area contributed by atoms with Gasteiger partial charge < -0.3 is 14.6 Å². The Hall–Kier alpha value is -1.52. The summed E-state index contributed by atoms with van der Waals surface area (Å²) in [6, 6.07) is 13.7. The van der Waals surface area contributed by atoms with E-state index in [9.17, 15) is 5.11 Å². The highest BCUT2D eigenvalue weighted by Gasteiger charge is 2.23. The Morgan fingerprint density at radius 3 is 2.90 bits per heavy atom. The van der Waals surface area contributed by atoms with Crippen molar-refractivity contribution in [2.24, 2.45) is 0 Å². The number of rotatable bonds is 4. The van der Waals surface area contributed by atoms with Crippen LogP contribution in [0.4, 0.5) is 0 Å². The highest BCUT2D eigenvalue weighted by atomic mass is 79.9. The third-order valence-electron chi connectivity index (χ3n) is 3.33. The molecule has 3 nitrogen and oxygen atoms in total. The maximum Gasteiger partial charge on any atom is 0.137 e. The largest absolute Gasteiger partial charge is 0.489 e. The van der Waals surface area contributed by atoms with Gasteiger partial charge >= 0.3 is 0 Å². The molecule has 2 aromatic carbocycles. The number of ether oxygens (including phenoxy) is 2. The van der Waals surface area contributed by atoms with Crippen LogP contribution in [0, 0.1) is 0 Å². The molecule has 20 heavy (non-hydrogen) atoms. The van der Waals surface area contributed by atoms with E-state index in [-0.39, 0.29) is 12.7 Å². The van der Waals surface area contributed by atoms with Crippen LogP contribution in [0.25, 0.3) is 0 Å². The minimum Gasteiger partial charge on any atom is -0.489 e. The van der Waals surface area contributed by atoms with Crippen LogP contribution in [-0.4, -0.2) is 17.8 Å². The summed E-state index contributed by atoms with van der Waals surface area (Å²) in [4.78, 5) is 0. The SMILES string of the molecule is OCc1cc(Br)ccc1OCC1Cc2ccccc2O1. The van der Waals surface area contributed by atoms with Crippen molar-refractivity contribution >= 4 is 15.9 Å². The summed E-state index contributed by atoms with van der Waals surface area (Å²) in [6.45, 7) is 0.434. The molecule has 1 unspecified atom stereocenters. The van der Waals surface area contributed by atoms with Crippen LogP contribution in [0.15, 0.2) is 46.9 Å². The van der Waals surface area contributed by atoms with E-state index in [1.165, 1.54) is 5.56 Å². The van der Waals surface area contributed by atoms with Gasteiger partial charge in [-0.05, 0) is 29.8 Å². The maximum atomic E-state index is 9.34. The average Bonchev–Trinajstić information content (AvgIpc) is 2.88. The van der Waals surface area contributed by atoms with Crippen LogP contribution in [0.3, 0.4) is 0 Å². The fourth-order valence-corrected chi connectivity index (χ4v) is 2.75. The lowest BCUT2D eigenvalue weighted by molar-refractivity contribution is 0.146. The Morgan fingerprint density at radius 1 is 1.25 bits per heavy atom. The van der Waals surface area contributed by atoms with Crippen LogP contribution < -0.4 is 9.47 Å². The molecule has 2 aromatic rings. The number of halogens is 1. The van der Waals surface area contributed by atoms with Gasteiger partial charge in [0, 0.05) is 16.5 Å². The predicted molar refractivity (Wildman–Crippen MR) is 80.1 cm³/mol. The normalized spacial score (nSPS) is 16.6. The Morgan fingerprint density at radius 2 is 2.10 bits per heavy atom. The Bertz CT molecular complexity index is 587. The van der Waals surface area contributed by atoms with Crippen LogP contribution in [-0.2, 0) is 13.0 Å². The molecule has 3 rings (SSSR count). The molecule has 0 aromatic heterocycles. The fraction of sp³-hybridized carbons (Fsp3) is 0.250. The third-order valence-corrected chi connectivity index (χ3v) is 3.82. The number of hydrogen-bond acceptors (Lipinski definition) is 3. The Labute approximate surface area is 126 Å². The second-order valence-electron chi connectivity index (χ2n) is 4.77. The minimum atomic E-state index is -0.0411. The zero-order valence-corrected chi connectivity index (χ0v) is 12.5. The molecule has 0 saturated carbocycles. The molecule has 1 aliphatic heterocycles. The van der Waals surface area contributed by atoms with Gasteiger partial charge in [-0.25, -0.2) is 0 Å². The van der Waals surface area contributed by atoms with Gasteiger partial charge in [0.2, 0.25) is 0 Å². The third kappa shape index (κ3) is 2.81. The fourth-order valence-electron chi connectivity index (χ4n) is 2.34. The van der Waals surface area contributed by atoms with Crippen LogP contribution in [0.1, 0.15) is 11.1 Å². The second-order valence-corrected chi connectivity index (χ2v) is 5.69. The van der Waals surface area contributed by atoms with E-state index >= 15 is 0 Å². The van der Waals surface area contributed by atoms with Crippen molar-refractivity contribution in [1.29, 1.82) is 0 Å². The number of aliphatic hydroxyl groups excluding tert-OH is 1. The molecule has 0 bridgehead atoms.